The van der Waals surface area contributed by atoms with Crippen LogP contribution < -0.4 is 0 Å². The maximum atomic E-state index is 5.23. The minimum absolute atomic E-state index is 0.354. The lowest BCUT2D eigenvalue weighted by Gasteiger charge is -2.36. The third-order valence-electron chi connectivity index (χ3n) is 4.01. The van der Waals surface area contributed by atoms with E-state index in [-0.39, 0.29) is 0 Å². The van der Waals surface area contributed by atoms with Crippen LogP contribution in [0.25, 0.3) is 0 Å². The Bertz CT molecular complexity index is 216. The van der Waals surface area contributed by atoms with Gasteiger partial charge in [-0.05, 0) is 23.7 Å². The van der Waals surface area contributed by atoms with E-state index in [0.29, 0.717) is 10.8 Å². The molecule has 0 aromatic heterocycles. The van der Waals surface area contributed by atoms with E-state index in [2.05, 4.69) is 33.8 Å². The van der Waals surface area contributed by atoms with Crippen LogP contribution in [0.5, 0.6) is 0 Å². The second kappa shape index (κ2) is 3.58. The predicted molar refractivity (Wildman–Crippen MR) is 60.8 cm³/mol. The fourth-order valence-corrected chi connectivity index (χ4v) is 2.21. The van der Waals surface area contributed by atoms with E-state index in [1.54, 1.807) is 5.57 Å². The second-order valence-corrected chi connectivity index (χ2v) is 5.77. The maximum Gasteiger partial charge on any atom is 0.146 e. The molecule has 0 N–H and O–H groups in total. The standard InChI is InChI=1S/C11H22OSi/c1-10(2)7-5-9(6-8-12-13)11(10,3)4/h6H,5,7-8H2,1-4,13H3. The van der Waals surface area contributed by atoms with E-state index < -0.39 is 0 Å². The van der Waals surface area contributed by atoms with E-state index in [1.165, 1.54) is 12.8 Å². The Morgan fingerprint density at radius 2 is 2.00 bits per heavy atom. The van der Waals surface area contributed by atoms with Gasteiger partial charge in [0.1, 0.15) is 10.5 Å². The van der Waals surface area contributed by atoms with Crippen molar-refractivity contribution < 1.29 is 4.43 Å². The zero-order chi connectivity index (χ0) is 10.1. The summed E-state index contributed by atoms with van der Waals surface area (Å²) in [4.78, 5) is 0. The Hall–Kier alpha value is -0.0831. The largest absolute Gasteiger partial charge is 0.424 e. The van der Waals surface area contributed by atoms with Crippen molar-refractivity contribution >= 4 is 10.5 Å². The Balaban J connectivity index is 2.82. The molecule has 1 nitrogen and oxygen atoms in total. The molecular formula is C11H22OSi. The van der Waals surface area contributed by atoms with Crippen LogP contribution in [0.1, 0.15) is 40.5 Å². The van der Waals surface area contributed by atoms with Crippen LogP contribution in [0, 0.1) is 10.8 Å². The molecule has 0 amide bonds. The van der Waals surface area contributed by atoms with Gasteiger partial charge in [-0.2, -0.15) is 0 Å². The highest BCUT2D eigenvalue weighted by atomic mass is 28.2. The average molecular weight is 198 g/mol. The summed E-state index contributed by atoms with van der Waals surface area (Å²) in [6.07, 6.45) is 4.86. The first-order valence-electron chi connectivity index (χ1n) is 5.10. The lowest BCUT2D eigenvalue weighted by Crippen LogP contribution is -2.27. The SMILES string of the molecule is CC1(C)CCC(=CCO[SiH3])C1(C)C. The summed E-state index contributed by atoms with van der Waals surface area (Å²) >= 11 is 0. The van der Waals surface area contributed by atoms with Crippen molar-refractivity contribution in [1.82, 2.24) is 0 Å². The Morgan fingerprint density at radius 3 is 2.38 bits per heavy atom. The van der Waals surface area contributed by atoms with Gasteiger partial charge in [-0.1, -0.05) is 39.3 Å². The molecule has 0 radical (unpaired) electrons. The topological polar surface area (TPSA) is 9.23 Å². The molecule has 0 aliphatic heterocycles. The number of hydrogen-bond donors (Lipinski definition) is 0. The number of allylic oxidation sites excluding steroid dienone is 1. The van der Waals surface area contributed by atoms with Crippen LogP contribution >= 0.6 is 0 Å². The minimum Gasteiger partial charge on any atom is -0.424 e. The van der Waals surface area contributed by atoms with Crippen molar-refractivity contribution in [3.8, 4) is 0 Å². The van der Waals surface area contributed by atoms with Crippen molar-refractivity contribution in [2.24, 2.45) is 10.8 Å². The molecule has 0 aromatic carbocycles. The highest BCUT2D eigenvalue weighted by molar-refractivity contribution is 5.98. The molecule has 1 saturated carbocycles. The quantitative estimate of drug-likeness (QED) is 0.487. The summed E-state index contributed by atoms with van der Waals surface area (Å²) in [5, 5.41) is 0. The van der Waals surface area contributed by atoms with Gasteiger partial charge in [-0.25, -0.2) is 0 Å². The third kappa shape index (κ3) is 1.89. The van der Waals surface area contributed by atoms with Crippen molar-refractivity contribution in [3.05, 3.63) is 11.6 Å². The molecule has 0 aromatic rings. The molecule has 0 spiro atoms. The van der Waals surface area contributed by atoms with Gasteiger partial charge in [0.25, 0.3) is 0 Å². The molecule has 13 heavy (non-hydrogen) atoms. The lowest BCUT2D eigenvalue weighted by atomic mass is 9.69. The number of rotatable bonds is 2. The fraction of sp³-hybridized carbons (Fsp3) is 0.818. The lowest BCUT2D eigenvalue weighted by molar-refractivity contribution is 0.188. The van der Waals surface area contributed by atoms with Gasteiger partial charge in [0.05, 0.1) is 6.61 Å². The molecule has 1 rings (SSSR count). The molecule has 0 saturated heterocycles. The highest BCUT2D eigenvalue weighted by Crippen LogP contribution is 2.55. The molecule has 76 valence electrons. The van der Waals surface area contributed by atoms with Gasteiger partial charge in [0.2, 0.25) is 0 Å². The van der Waals surface area contributed by atoms with Gasteiger partial charge < -0.3 is 4.43 Å². The first-order valence-corrected chi connectivity index (χ1v) is 5.92. The Labute approximate surface area is 85.1 Å². The molecule has 1 aliphatic rings. The van der Waals surface area contributed by atoms with Gasteiger partial charge in [0, 0.05) is 0 Å². The first-order chi connectivity index (χ1) is 5.92. The predicted octanol–water partition coefficient (Wildman–Crippen LogP) is 2.06. The maximum absolute atomic E-state index is 5.23. The third-order valence-corrected chi connectivity index (χ3v) is 4.34. The minimum atomic E-state index is 0.354. The van der Waals surface area contributed by atoms with Gasteiger partial charge in [0.15, 0.2) is 0 Å². The number of hydrogen-bond acceptors (Lipinski definition) is 1. The molecule has 0 atom stereocenters. The van der Waals surface area contributed by atoms with Crippen LogP contribution in [0.15, 0.2) is 11.6 Å². The van der Waals surface area contributed by atoms with Crippen molar-refractivity contribution in [3.63, 3.8) is 0 Å². The van der Waals surface area contributed by atoms with Gasteiger partial charge >= 0.3 is 0 Å². The van der Waals surface area contributed by atoms with Crippen molar-refractivity contribution in [2.75, 3.05) is 6.61 Å². The molecule has 0 bridgehead atoms. The molecule has 1 aliphatic carbocycles. The summed E-state index contributed by atoms with van der Waals surface area (Å²) in [5.74, 6) is 0. The van der Waals surface area contributed by atoms with Gasteiger partial charge in [-0.15, -0.1) is 0 Å². The van der Waals surface area contributed by atoms with Crippen molar-refractivity contribution in [2.45, 2.75) is 40.5 Å². The zero-order valence-electron chi connectivity index (χ0n) is 9.61. The van der Waals surface area contributed by atoms with Crippen LogP contribution in [0.4, 0.5) is 0 Å². The summed E-state index contributed by atoms with van der Waals surface area (Å²) in [7, 11) is 0.847. The Morgan fingerprint density at radius 1 is 1.38 bits per heavy atom. The summed E-state index contributed by atoms with van der Waals surface area (Å²) in [6.45, 7) is 10.3. The van der Waals surface area contributed by atoms with Crippen LogP contribution in [-0.2, 0) is 4.43 Å². The molecule has 1 fully saturated rings. The van der Waals surface area contributed by atoms with Crippen LogP contribution in [-0.4, -0.2) is 17.1 Å². The van der Waals surface area contributed by atoms with Crippen molar-refractivity contribution in [1.29, 1.82) is 0 Å². The second-order valence-electron chi connectivity index (χ2n) is 5.19. The normalized spacial score (nSPS) is 28.5. The zero-order valence-corrected chi connectivity index (χ0v) is 11.6. The Kier molecular flexibility index (Phi) is 3.03. The highest BCUT2D eigenvalue weighted by Gasteiger charge is 2.44. The summed E-state index contributed by atoms with van der Waals surface area (Å²) in [6, 6.07) is 0. The summed E-state index contributed by atoms with van der Waals surface area (Å²) in [5.41, 5.74) is 2.39. The van der Waals surface area contributed by atoms with Crippen LogP contribution in [0.3, 0.4) is 0 Å². The van der Waals surface area contributed by atoms with E-state index in [0.717, 1.165) is 17.1 Å². The van der Waals surface area contributed by atoms with E-state index in [1.807, 2.05) is 0 Å². The molecule has 0 unspecified atom stereocenters. The van der Waals surface area contributed by atoms with E-state index in [9.17, 15) is 0 Å². The van der Waals surface area contributed by atoms with Crippen LogP contribution in [0.2, 0.25) is 0 Å². The van der Waals surface area contributed by atoms with Gasteiger partial charge in [-0.3, -0.25) is 0 Å². The summed E-state index contributed by atoms with van der Waals surface area (Å²) < 4.78 is 5.23. The van der Waals surface area contributed by atoms with E-state index >= 15 is 0 Å². The average Bonchev–Trinajstić information content (AvgIpc) is 2.21. The first kappa shape index (κ1) is 11.0. The van der Waals surface area contributed by atoms with E-state index in [4.69, 9.17) is 4.43 Å². The molecule has 2 heteroatoms. The molecular weight excluding hydrogens is 176 g/mol. The molecule has 0 heterocycles. The monoisotopic (exact) mass is 198 g/mol. The smallest absolute Gasteiger partial charge is 0.146 e. The fourth-order valence-electron chi connectivity index (χ4n) is 2.05.